The minimum Gasteiger partial charge on any atom is -0.298 e. The van der Waals surface area contributed by atoms with Crippen molar-refractivity contribution in [2.24, 2.45) is 0 Å². The van der Waals surface area contributed by atoms with Gasteiger partial charge in [0.25, 0.3) is 0 Å². The van der Waals surface area contributed by atoms with Gasteiger partial charge in [0.15, 0.2) is 0 Å². The lowest BCUT2D eigenvalue weighted by Crippen LogP contribution is -2.17. The van der Waals surface area contributed by atoms with Crippen molar-refractivity contribution < 1.29 is 4.79 Å². The summed E-state index contributed by atoms with van der Waals surface area (Å²) in [4.78, 5) is 13.9. The third-order valence-electron chi connectivity index (χ3n) is 9.48. The number of nitrogens with zero attached hydrogens (tertiary/aromatic N) is 4. The van der Waals surface area contributed by atoms with Crippen molar-refractivity contribution in [1.82, 2.24) is 19.6 Å². The fourth-order valence-corrected chi connectivity index (χ4v) is 7.06. The van der Waals surface area contributed by atoms with Gasteiger partial charge in [-0.1, -0.05) is 77.6 Å². The van der Waals surface area contributed by atoms with E-state index in [2.05, 4.69) is 73.5 Å². The van der Waals surface area contributed by atoms with Crippen LogP contribution in [0.3, 0.4) is 0 Å². The van der Waals surface area contributed by atoms with Crippen molar-refractivity contribution in [3.05, 3.63) is 58.9 Å². The number of carbonyl (C=O) groups excluding carboxylic acids is 1. The Hall–Kier alpha value is -2.95. The Labute approximate surface area is 226 Å². The van der Waals surface area contributed by atoms with Gasteiger partial charge < -0.3 is 0 Å². The first-order valence-electron chi connectivity index (χ1n) is 15.1. The second-order valence-corrected chi connectivity index (χ2v) is 11.8. The lowest BCUT2D eigenvalue weighted by atomic mass is 9.85. The summed E-state index contributed by atoms with van der Waals surface area (Å²) < 4.78 is 4.55. The molecule has 6 rings (SSSR count). The van der Waals surface area contributed by atoms with Gasteiger partial charge in [0.2, 0.25) is 0 Å². The van der Waals surface area contributed by atoms with Gasteiger partial charge in [0.05, 0.1) is 34.5 Å². The van der Waals surface area contributed by atoms with Crippen molar-refractivity contribution in [2.45, 2.75) is 116 Å². The van der Waals surface area contributed by atoms with Gasteiger partial charge in [-0.15, -0.1) is 0 Å². The van der Waals surface area contributed by atoms with Gasteiger partial charge in [-0.3, -0.25) is 14.2 Å². The molecule has 2 saturated carbocycles. The molecule has 0 bridgehead atoms. The number of hydrogen-bond donors (Lipinski definition) is 0. The first-order valence-corrected chi connectivity index (χ1v) is 15.1. The molecular formula is C33H42N4O. The fraction of sp³-hybridized carbons (Fsp3) is 0.545. The highest BCUT2D eigenvalue weighted by Gasteiger charge is 2.27. The minimum absolute atomic E-state index is 0.173. The van der Waals surface area contributed by atoms with Crippen LogP contribution >= 0.6 is 0 Å². The molecule has 0 spiro atoms. The van der Waals surface area contributed by atoms with Crippen molar-refractivity contribution in [3.8, 4) is 0 Å². The van der Waals surface area contributed by atoms with Crippen LogP contribution in [0.5, 0.6) is 0 Å². The van der Waals surface area contributed by atoms with Crippen LogP contribution < -0.4 is 0 Å². The van der Waals surface area contributed by atoms with Crippen LogP contribution in [-0.2, 0) is 17.6 Å². The SMILES string of the molecule is CCc1nn(C2CCCC2)c2cc(C(C)C(=O)C(C)c3ccc4c(CC)nn(C5CCCC5)c4c3)ccc12. The van der Waals surface area contributed by atoms with Gasteiger partial charge in [0, 0.05) is 22.6 Å². The Bertz CT molecular complexity index is 1360. The van der Waals surface area contributed by atoms with Crippen molar-refractivity contribution in [2.75, 3.05) is 0 Å². The second kappa shape index (κ2) is 10.3. The monoisotopic (exact) mass is 510 g/mol. The van der Waals surface area contributed by atoms with E-state index in [9.17, 15) is 4.79 Å². The lowest BCUT2D eigenvalue weighted by molar-refractivity contribution is -0.121. The number of rotatable bonds is 8. The van der Waals surface area contributed by atoms with E-state index in [1.54, 1.807) is 0 Å². The van der Waals surface area contributed by atoms with Crippen LogP contribution in [0.4, 0.5) is 0 Å². The maximum atomic E-state index is 13.9. The number of hydrogen-bond acceptors (Lipinski definition) is 3. The Kier molecular flexibility index (Phi) is 6.88. The van der Waals surface area contributed by atoms with Crippen LogP contribution in [0, 0.1) is 0 Å². The lowest BCUT2D eigenvalue weighted by Gasteiger charge is -2.19. The highest BCUT2D eigenvalue weighted by Crippen LogP contribution is 2.37. The molecule has 0 amide bonds. The summed E-state index contributed by atoms with van der Waals surface area (Å²) in [5.41, 5.74) is 6.94. The number of ketones is 1. The van der Waals surface area contributed by atoms with Crippen LogP contribution in [0.25, 0.3) is 21.8 Å². The molecule has 2 aromatic heterocycles. The second-order valence-electron chi connectivity index (χ2n) is 11.8. The molecule has 2 aliphatic carbocycles. The van der Waals surface area contributed by atoms with Crippen LogP contribution in [0.15, 0.2) is 36.4 Å². The molecule has 0 N–H and O–H groups in total. The predicted octanol–water partition coefficient (Wildman–Crippen LogP) is 8.22. The van der Waals surface area contributed by atoms with Crippen molar-refractivity contribution in [3.63, 3.8) is 0 Å². The largest absolute Gasteiger partial charge is 0.298 e. The normalized spacial score (nSPS) is 18.6. The predicted molar refractivity (Wildman–Crippen MR) is 155 cm³/mol. The molecule has 0 saturated heterocycles. The van der Waals surface area contributed by atoms with Gasteiger partial charge in [-0.25, -0.2) is 0 Å². The molecule has 2 atom stereocenters. The zero-order valence-corrected chi connectivity index (χ0v) is 23.5. The summed E-state index contributed by atoms with van der Waals surface area (Å²) in [5, 5.41) is 12.5. The molecule has 2 unspecified atom stereocenters. The third-order valence-corrected chi connectivity index (χ3v) is 9.48. The summed E-state index contributed by atoms with van der Waals surface area (Å²) >= 11 is 0. The van der Waals surface area contributed by atoms with E-state index in [0.717, 1.165) is 24.0 Å². The van der Waals surface area contributed by atoms with Gasteiger partial charge in [0.1, 0.15) is 5.78 Å². The van der Waals surface area contributed by atoms with E-state index >= 15 is 0 Å². The fourth-order valence-electron chi connectivity index (χ4n) is 7.06. The van der Waals surface area contributed by atoms with Crippen molar-refractivity contribution in [1.29, 1.82) is 0 Å². The third kappa shape index (κ3) is 4.28. The van der Waals surface area contributed by atoms with Crippen molar-refractivity contribution >= 4 is 27.6 Å². The maximum Gasteiger partial charge on any atom is 0.147 e. The van der Waals surface area contributed by atoms with Crippen LogP contribution in [0.2, 0.25) is 0 Å². The molecule has 5 heteroatoms. The van der Waals surface area contributed by atoms with E-state index in [0.29, 0.717) is 12.1 Å². The summed E-state index contributed by atoms with van der Waals surface area (Å²) in [5.74, 6) is -0.0740. The molecule has 38 heavy (non-hydrogen) atoms. The Morgan fingerprint density at radius 1 is 0.737 bits per heavy atom. The molecule has 200 valence electrons. The molecule has 2 heterocycles. The number of aromatic nitrogens is 4. The molecule has 2 aliphatic rings. The van der Waals surface area contributed by atoms with E-state index in [1.165, 1.54) is 84.6 Å². The zero-order chi connectivity index (χ0) is 26.4. The maximum absolute atomic E-state index is 13.9. The Morgan fingerprint density at radius 2 is 1.13 bits per heavy atom. The Morgan fingerprint density at radius 3 is 1.50 bits per heavy atom. The highest BCUT2D eigenvalue weighted by atomic mass is 16.1. The Balaban J connectivity index is 1.31. The van der Waals surface area contributed by atoms with E-state index in [4.69, 9.17) is 10.2 Å². The van der Waals surface area contributed by atoms with E-state index in [-0.39, 0.29) is 17.6 Å². The first-order chi connectivity index (χ1) is 18.5. The number of carbonyl (C=O) groups is 1. The quantitative estimate of drug-likeness (QED) is 0.240. The molecule has 0 aliphatic heterocycles. The van der Waals surface area contributed by atoms with E-state index < -0.39 is 0 Å². The molecule has 5 nitrogen and oxygen atoms in total. The highest BCUT2D eigenvalue weighted by molar-refractivity contribution is 5.94. The van der Waals surface area contributed by atoms with Gasteiger partial charge in [-0.2, -0.15) is 10.2 Å². The summed E-state index contributed by atoms with van der Waals surface area (Å²) in [6.45, 7) is 8.52. The molecule has 2 fully saturated rings. The smallest absolute Gasteiger partial charge is 0.147 e. The molecular weight excluding hydrogens is 468 g/mol. The minimum atomic E-state index is -0.173. The molecule has 4 aromatic rings. The van der Waals surface area contributed by atoms with Crippen LogP contribution in [0.1, 0.15) is 125 Å². The number of Topliss-reactive ketones (excluding diaryl/α,β-unsaturated/α-hetero) is 1. The molecule has 0 radical (unpaired) electrons. The van der Waals surface area contributed by atoms with Gasteiger partial charge in [-0.05, 0) is 61.8 Å². The summed E-state index contributed by atoms with van der Waals surface area (Å²) in [7, 11) is 0. The number of aryl methyl sites for hydroxylation is 2. The van der Waals surface area contributed by atoms with Crippen LogP contribution in [-0.4, -0.2) is 25.3 Å². The zero-order valence-electron chi connectivity index (χ0n) is 23.5. The van der Waals surface area contributed by atoms with E-state index in [1.807, 2.05) is 0 Å². The number of benzene rings is 2. The van der Waals surface area contributed by atoms with Gasteiger partial charge >= 0.3 is 0 Å². The summed E-state index contributed by atoms with van der Waals surface area (Å²) in [6.07, 6.45) is 11.8. The average Bonchev–Trinajstić information content (AvgIpc) is 3.76. The summed E-state index contributed by atoms with van der Waals surface area (Å²) in [6, 6.07) is 14.2. The molecule has 2 aromatic carbocycles. The number of fused-ring (bicyclic) bond motifs is 2. The standard InChI is InChI=1S/C33H42N4O/c1-5-29-27-17-15-23(19-31(27)36(34-29)25-11-7-8-12-25)21(3)33(38)22(4)24-16-18-28-30(6-2)35-37(32(28)20-24)26-13-9-10-14-26/h15-22,25-26H,5-14H2,1-4H3. The topological polar surface area (TPSA) is 52.7 Å². The first kappa shape index (κ1) is 25.3. The average molecular weight is 511 g/mol.